The van der Waals surface area contributed by atoms with Gasteiger partial charge in [0.2, 0.25) is 6.79 Å². The number of hydrogen-bond donors (Lipinski definition) is 0. The van der Waals surface area contributed by atoms with Gasteiger partial charge in [0, 0.05) is 11.5 Å². The van der Waals surface area contributed by atoms with Crippen molar-refractivity contribution < 1.29 is 19.0 Å². The third-order valence-electron chi connectivity index (χ3n) is 2.65. The summed E-state index contributed by atoms with van der Waals surface area (Å²) in [5.74, 6) is 0.682. The highest BCUT2D eigenvalue weighted by Crippen LogP contribution is 2.37. The Bertz CT molecular complexity index is 656. The van der Waals surface area contributed by atoms with Gasteiger partial charge in [-0.3, -0.25) is 0 Å². The highest BCUT2D eigenvalue weighted by Gasteiger charge is 2.18. The zero-order chi connectivity index (χ0) is 12.7. The lowest BCUT2D eigenvalue weighted by atomic mass is 10.2. The molecule has 2 aromatic rings. The highest BCUT2D eigenvalue weighted by atomic mass is 35.5. The first-order chi connectivity index (χ1) is 8.69. The summed E-state index contributed by atoms with van der Waals surface area (Å²) in [5.41, 5.74) is 0.723. The van der Waals surface area contributed by atoms with Crippen molar-refractivity contribution in [1.82, 2.24) is 4.98 Å². The van der Waals surface area contributed by atoms with Gasteiger partial charge in [-0.25, -0.2) is 9.78 Å². The summed E-state index contributed by atoms with van der Waals surface area (Å²) in [5, 5.41) is 1.12. The van der Waals surface area contributed by atoms with Crippen LogP contribution in [-0.4, -0.2) is 24.9 Å². The van der Waals surface area contributed by atoms with Crippen molar-refractivity contribution in [1.29, 1.82) is 0 Å². The molecule has 92 valence electrons. The zero-order valence-electron chi connectivity index (χ0n) is 9.40. The number of hydrogen-bond acceptors (Lipinski definition) is 5. The van der Waals surface area contributed by atoms with Crippen molar-refractivity contribution in [2.24, 2.45) is 0 Å². The molecule has 1 aliphatic rings. The molecule has 0 bridgehead atoms. The van der Waals surface area contributed by atoms with Crippen LogP contribution in [0.15, 0.2) is 18.2 Å². The lowest BCUT2D eigenvalue weighted by Crippen LogP contribution is -2.04. The SMILES string of the molecule is COC(=O)c1cc(Cl)c2cc3c(cc2n1)OCO3. The van der Waals surface area contributed by atoms with E-state index in [0.717, 1.165) is 0 Å². The summed E-state index contributed by atoms with van der Waals surface area (Å²) < 4.78 is 15.1. The van der Waals surface area contributed by atoms with E-state index in [9.17, 15) is 4.79 Å². The van der Waals surface area contributed by atoms with Crippen LogP contribution in [0, 0.1) is 0 Å². The molecule has 0 amide bonds. The molecule has 5 nitrogen and oxygen atoms in total. The molecule has 3 rings (SSSR count). The fourth-order valence-corrected chi connectivity index (χ4v) is 2.04. The third-order valence-corrected chi connectivity index (χ3v) is 2.96. The Kier molecular flexibility index (Phi) is 2.48. The molecule has 2 heterocycles. The Morgan fingerprint density at radius 2 is 2.06 bits per heavy atom. The predicted molar refractivity (Wildman–Crippen MR) is 64.2 cm³/mol. The van der Waals surface area contributed by atoms with Gasteiger partial charge >= 0.3 is 5.97 Å². The number of carbonyl (C=O) groups is 1. The van der Waals surface area contributed by atoms with Gasteiger partial charge < -0.3 is 14.2 Å². The molecule has 0 aliphatic carbocycles. The largest absolute Gasteiger partial charge is 0.464 e. The second-order valence-electron chi connectivity index (χ2n) is 3.70. The van der Waals surface area contributed by atoms with Crippen LogP contribution >= 0.6 is 11.6 Å². The van der Waals surface area contributed by atoms with E-state index in [1.54, 1.807) is 12.1 Å². The number of rotatable bonds is 1. The monoisotopic (exact) mass is 265 g/mol. The lowest BCUT2D eigenvalue weighted by molar-refractivity contribution is 0.0594. The molecule has 1 aromatic carbocycles. The Balaban J connectivity index is 2.24. The molecule has 18 heavy (non-hydrogen) atoms. The van der Waals surface area contributed by atoms with Gasteiger partial charge in [-0.05, 0) is 12.1 Å². The maximum Gasteiger partial charge on any atom is 0.356 e. The second kappa shape index (κ2) is 4.03. The molecule has 0 N–H and O–H groups in total. The van der Waals surface area contributed by atoms with Crippen LogP contribution in [0.25, 0.3) is 10.9 Å². The van der Waals surface area contributed by atoms with E-state index in [1.807, 2.05) is 0 Å². The highest BCUT2D eigenvalue weighted by molar-refractivity contribution is 6.35. The second-order valence-corrected chi connectivity index (χ2v) is 4.11. The van der Waals surface area contributed by atoms with Gasteiger partial charge in [-0.15, -0.1) is 0 Å². The van der Waals surface area contributed by atoms with Gasteiger partial charge in [0.05, 0.1) is 17.6 Å². The number of pyridine rings is 1. The fraction of sp³-hybridized carbons (Fsp3) is 0.167. The summed E-state index contributed by atoms with van der Waals surface area (Å²) >= 11 is 6.12. The number of esters is 1. The number of ether oxygens (including phenoxy) is 3. The van der Waals surface area contributed by atoms with Crippen LogP contribution in [0.5, 0.6) is 11.5 Å². The maximum absolute atomic E-state index is 11.4. The first-order valence-electron chi connectivity index (χ1n) is 5.17. The molecule has 1 aliphatic heterocycles. The van der Waals surface area contributed by atoms with E-state index in [0.29, 0.717) is 27.4 Å². The number of benzene rings is 1. The summed E-state index contributed by atoms with van der Waals surface area (Å²) in [6, 6.07) is 4.90. The lowest BCUT2D eigenvalue weighted by Gasteiger charge is -2.05. The fourth-order valence-electron chi connectivity index (χ4n) is 1.78. The molecular weight excluding hydrogens is 258 g/mol. The Morgan fingerprint density at radius 3 is 2.78 bits per heavy atom. The van der Waals surface area contributed by atoms with Gasteiger partial charge in [-0.1, -0.05) is 11.6 Å². The Morgan fingerprint density at radius 1 is 1.33 bits per heavy atom. The molecule has 0 unspecified atom stereocenters. The van der Waals surface area contributed by atoms with Gasteiger partial charge in [0.25, 0.3) is 0 Å². The number of nitrogens with zero attached hydrogens (tertiary/aromatic N) is 1. The van der Waals surface area contributed by atoms with E-state index in [1.165, 1.54) is 13.2 Å². The molecule has 0 saturated heterocycles. The number of carbonyl (C=O) groups excluding carboxylic acids is 1. The van der Waals surface area contributed by atoms with Crippen LogP contribution in [0.3, 0.4) is 0 Å². The average molecular weight is 266 g/mol. The van der Waals surface area contributed by atoms with E-state index in [-0.39, 0.29) is 12.5 Å². The van der Waals surface area contributed by atoms with Crippen molar-refractivity contribution in [2.45, 2.75) is 0 Å². The molecule has 0 spiro atoms. The molecule has 0 radical (unpaired) electrons. The minimum Gasteiger partial charge on any atom is -0.464 e. The third kappa shape index (κ3) is 1.64. The van der Waals surface area contributed by atoms with Gasteiger partial charge in [-0.2, -0.15) is 0 Å². The van der Waals surface area contributed by atoms with E-state index < -0.39 is 5.97 Å². The van der Waals surface area contributed by atoms with Crippen molar-refractivity contribution in [2.75, 3.05) is 13.9 Å². The minimum atomic E-state index is -0.531. The smallest absolute Gasteiger partial charge is 0.356 e. The topological polar surface area (TPSA) is 57.7 Å². The molecule has 0 fully saturated rings. The van der Waals surface area contributed by atoms with Crippen molar-refractivity contribution in [3.05, 3.63) is 28.9 Å². The zero-order valence-corrected chi connectivity index (χ0v) is 10.2. The number of halogens is 1. The standard InChI is InChI=1S/C12H8ClNO4/c1-16-12(15)9-3-7(13)6-2-10-11(18-5-17-10)4-8(6)14-9/h2-4H,5H2,1H3. The quantitative estimate of drug-likeness (QED) is 0.741. The van der Waals surface area contributed by atoms with Crippen LogP contribution in [0.2, 0.25) is 5.02 Å². The summed E-state index contributed by atoms with van der Waals surface area (Å²) in [4.78, 5) is 15.6. The summed E-state index contributed by atoms with van der Waals surface area (Å²) in [6.45, 7) is 0.174. The van der Waals surface area contributed by atoms with Crippen LogP contribution in [0.4, 0.5) is 0 Å². The maximum atomic E-state index is 11.4. The predicted octanol–water partition coefficient (Wildman–Crippen LogP) is 2.40. The minimum absolute atomic E-state index is 0.161. The van der Waals surface area contributed by atoms with Crippen LogP contribution in [0.1, 0.15) is 10.5 Å². The molecule has 6 heteroatoms. The number of fused-ring (bicyclic) bond motifs is 2. The summed E-state index contributed by atoms with van der Waals surface area (Å²) in [6.07, 6.45) is 0. The van der Waals surface area contributed by atoms with Crippen molar-refractivity contribution in [3.63, 3.8) is 0 Å². The number of aromatic nitrogens is 1. The summed E-state index contributed by atoms with van der Waals surface area (Å²) in [7, 11) is 1.29. The first kappa shape index (κ1) is 11.1. The van der Waals surface area contributed by atoms with Crippen LogP contribution in [-0.2, 0) is 4.74 Å². The van der Waals surface area contributed by atoms with Gasteiger partial charge in [0.15, 0.2) is 17.2 Å². The molecule has 0 atom stereocenters. The average Bonchev–Trinajstić information content (AvgIpc) is 2.82. The molecular formula is C12H8ClNO4. The first-order valence-corrected chi connectivity index (χ1v) is 5.55. The van der Waals surface area contributed by atoms with E-state index in [4.69, 9.17) is 21.1 Å². The Labute approximate surface area is 107 Å². The molecule has 1 aromatic heterocycles. The number of methoxy groups -OCH3 is 1. The van der Waals surface area contributed by atoms with Crippen LogP contribution < -0.4 is 9.47 Å². The Hall–Kier alpha value is -2.01. The van der Waals surface area contributed by atoms with Crippen molar-refractivity contribution >= 4 is 28.5 Å². The van der Waals surface area contributed by atoms with Crippen molar-refractivity contribution in [3.8, 4) is 11.5 Å². The van der Waals surface area contributed by atoms with E-state index >= 15 is 0 Å². The molecule has 0 saturated carbocycles. The normalized spacial score (nSPS) is 12.8. The van der Waals surface area contributed by atoms with E-state index in [2.05, 4.69) is 9.72 Å². The van der Waals surface area contributed by atoms with Gasteiger partial charge in [0.1, 0.15) is 0 Å².